The maximum absolute atomic E-state index is 12.0. The Morgan fingerprint density at radius 3 is 2.90 bits per heavy atom. The number of aromatic nitrogens is 1. The summed E-state index contributed by atoms with van der Waals surface area (Å²) in [6.45, 7) is 2.77. The molecule has 1 aromatic heterocycles. The smallest absolute Gasteiger partial charge is 0.253 e. The van der Waals surface area contributed by atoms with Gasteiger partial charge in [-0.3, -0.25) is 4.79 Å². The number of carbonyl (C=O) groups is 1. The van der Waals surface area contributed by atoms with E-state index in [1.807, 2.05) is 6.92 Å². The first kappa shape index (κ1) is 14.8. The minimum Gasteiger partial charge on any atom is -0.477 e. The van der Waals surface area contributed by atoms with E-state index < -0.39 is 0 Å². The van der Waals surface area contributed by atoms with Crippen LogP contribution >= 0.6 is 0 Å². The highest BCUT2D eigenvalue weighted by atomic mass is 16.5. The molecule has 0 saturated heterocycles. The van der Waals surface area contributed by atoms with E-state index in [1.165, 1.54) is 19.0 Å². The van der Waals surface area contributed by atoms with Crippen LogP contribution in [0.5, 0.6) is 5.88 Å². The second-order valence-corrected chi connectivity index (χ2v) is 5.23. The Labute approximate surface area is 119 Å². The fourth-order valence-electron chi connectivity index (χ4n) is 1.89. The van der Waals surface area contributed by atoms with Crippen LogP contribution in [0.25, 0.3) is 0 Å². The van der Waals surface area contributed by atoms with Crippen molar-refractivity contribution in [2.75, 3.05) is 13.2 Å². The molecule has 1 saturated carbocycles. The van der Waals surface area contributed by atoms with Crippen molar-refractivity contribution in [2.45, 2.75) is 38.6 Å². The van der Waals surface area contributed by atoms with Crippen molar-refractivity contribution >= 4 is 5.91 Å². The lowest BCUT2D eigenvalue weighted by atomic mass is 10.1. The van der Waals surface area contributed by atoms with Crippen molar-refractivity contribution in [1.82, 2.24) is 10.3 Å². The number of nitrogens with zero attached hydrogens (tertiary/aromatic N) is 1. The van der Waals surface area contributed by atoms with Crippen molar-refractivity contribution in [3.8, 4) is 5.88 Å². The predicted octanol–water partition coefficient (Wildman–Crippen LogP) is 1.76. The van der Waals surface area contributed by atoms with Gasteiger partial charge in [0.05, 0.1) is 12.2 Å². The molecule has 1 atom stereocenters. The summed E-state index contributed by atoms with van der Waals surface area (Å²) in [5.74, 6) is 1.09. The summed E-state index contributed by atoms with van der Waals surface area (Å²) in [6.07, 6.45) is 5.37. The number of amides is 1. The fourth-order valence-corrected chi connectivity index (χ4v) is 1.89. The number of aliphatic hydroxyl groups is 1. The molecule has 20 heavy (non-hydrogen) atoms. The van der Waals surface area contributed by atoms with Crippen LogP contribution in [-0.2, 0) is 0 Å². The Balaban J connectivity index is 1.85. The van der Waals surface area contributed by atoms with Crippen LogP contribution in [-0.4, -0.2) is 35.3 Å². The number of pyridine rings is 1. The molecule has 0 bridgehead atoms. The lowest BCUT2D eigenvalue weighted by Crippen LogP contribution is -2.35. The minimum atomic E-state index is -0.161. The molecule has 110 valence electrons. The maximum atomic E-state index is 12.0. The Hall–Kier alpha value is -1.62. The van der Waals surface area contributed by atoms with Gasteiger partial charge in [0.1, 0.15) is 0 Å². The van der Waals surface area contributed by atoms with E-state index in [9.17, 15) is 4.79 Å². The fraction of sp³-hybridized carbons (Fsp3) is 0.600. The number of ether oxygens (including phenoxy) is 1. The zero-order chi connectivity index (χ0) is 14.4. The van der Waals surface area contributed by atoms with E-state index in [2.05, 4.69) is 10.3 Å². The van der Waals surface area contributed by atoms with E-state index >= 15 is 0 Å². The van der Waals surface area contributed by atoms with E-state index in [1.54, 1.807) is 12.1 Å². The predicted molar refractivity (Wildman–Crippen MR) is 75.7 cm³/mol. The van der Waals surface area contributed by atoms with Gasteiger partial charge in [-0.05, 0) is 37.7 Å². The summed E-state index contributed by atoms with van der Waals surface area (Å²) >= 11 is 0. The molecule has 5 nitrogen and oxygen atoms in total. The summed E-state index contributed by atoms with van der Waals surface area (Å²) < 4.78 is 5.53. The van der Waals surface area contributed by atoms with Gasteiger partial charge >= 0.3 is 0 Å². The van der Waals surface area contributed by atoms with Crippen molar-refractivity contribution in [3.63, 3.8) is 0 Å². The van der Waals surface area contributed by atoms with Gasteiger partial charge in [-0.25, -0.2) is 4.98 Å². The SMILES string of the molecule is CCC(CCO)NC(=O)c1ccc(OCC2CC2)nc1. The molecule has 1 unspecified atom stereocenters. The Morgan fingerprint density at radius 2 is 2.35 bits per heavy atom. The Bertz CT molecular complexity index is 429. The molecule has 0 aromatic carbocycles. The molecule has 2 rings (SSSR count). The van der Waals surface area contributed by atoms with Gasteiger partial charge in [0.2, 0.25) is 5.88 Å². The van der Waals surface area contributed by atoms with Gasteiger partial charge in [-0.15, -0.1) is 0 Å². The average molecular weight is 278 g/mol. The molecule has 1 heterocycles. The maximum Gasteiger partial charge on any atom is 0.253 e. The zero-order valence-electron chi connectivity index (χ0n) is 11.8. The number of rotatable bonds is 8. The molecule has 1 fully saturated rings. The van der Waals surface area contributed by atoms with Crippen LogP contribution in [0.15, 0.2) is 18.3 Å². The van der Waals surface area contributed by atoms with Crippen LogP contribution in [0.3, 0.4) is 0 Å². The molecule has 1 aliphatic carbocycles. The molecule has 1 amide bonds. The number of carbonyl (C=O) groups excluding carboxylic acids is 1. The highest BCUT2D eigenvalue weighted by Gasteiger charge is 2.22. The van der Waals surface area contributed by atoms with Crippen molar-refractivity contribution in [1.29, 1.82) is 0 Å². The van der Waals surface area contributed by atoms with E-state index in [4.69, 9.17) is 9.84 Å². The summed E-state index contributed by atoms with van der Waals surface area (Å²) in [6, 6.07) is 3.44. The molecule has 2 N–H and O–H groups in total. The third kappa shape index (κ3) is 4.49. The molecule has 0 radical (unpaired) electrons. The van der Waals surface area contributed by atoms with E-state index in [0.717, 1.165) is 6.42 Å². The monoisotopic (exact) mass is 278 g/mol. The summed E-state index contributed by atoms with van der Waals surface area (Å²) in [5, 5.41) is 11.8. The van der Waals surface area contributed by atoms with E-state index in [-0.39, 0.29) is 18.6 Å². The third-order valence-corrected chi connectivity index (χ3v) is 3.47. The topological polar surface area (TPSA) is 71.5 Å². The Morgan fingerprint density at radius 1 is 1.55 bits per heavy atom. The molecule has 0 aliphatic heterocycles. The van der Waals surface area contributed by atoms with Crippen molar-refractivity contribution in [2.24, 2.45) is 5.92 Å². The quantitative estimate of drug-likeness (QED) is 0.760. The number of aliphatic hydroxyl groups excluding tert-OH is 1. The van der Waals surface area contributed by atoms with Crippen LogP contribution in [0, 0.1) is 5.92 Å². The second-order valence-electron chi connectivity index (χ2n) is 5.23. The highest BCUT2D eigenvalue weighted by Crippen LogP contribution is 2.29. The van der Waals surface area contributed by atoms with Gasteiger partial charge < -0.3 is 15.2 Å². The number of nitrogens with one attached hydrogen (secondary N) is 1. The van der Waals surface area contributed by atoms with Crippen molar-refractivity contribution < 1.29 is 14.6 Å². The molecule has 5 heteroatoms. The zero-order valence-corrected chi connectivity index (χ0v) is 11.8. The summed E-state index contributed by atoms with van der Waals surface area (Å²) in [7, 11) is 0. The molecule has 1 aliphatic rings. The first-order chi connectivity index (χ1) is 9.72. The van der Waals surface area contributed by atoms with E-state index in [0.29, 0.717) is 30.4 Å². The molecular formula is C15H22N2O3. The van der Waals surface area contributed by atoms with Gasteiger partial charge in [0.15, 0.2) is 0 Å². The summed E-state index contributed by atoms with van der Waals surface area (Å²) in [5.41, 5.74) is 0.514. The molecule has 0 spiro atoms. The third-order valence-electron chi connectivity index (χ3n) is 3.47. The van der Waals surface area contributed by atoms with Crippen LogP contribution in [0.1, 0.15) is 43.0 Å². The first-order valence-electron chi connectivity index (χ1n) is 7.23. The highest BCUT2D eigenvalue weighted by molar-refractivity contribution is 5.94. The van der Waals surface area contributed by atoms with Crippen LogP contribution in [0.2, 0.25) is 0 Å². The molecule has 1 aromatic rings. The van der Waals surface area contributed by atoms with Gasteiger partial charge in [-0.2, -0.15) is 0 Å². The Kier molecular flexibility index (Phi) is 5.35. The summed E-state index contributed by atoms with van der Waals surface area (Å²) in [4.78, 5) is 16.1. The normalized spacial score (nSPS) is 15.7. The van der Waals surface area contributed by atoms with Crippen LogP contribution in [0.4, 0.5) is 0 Å². The van der Waals surface area contributed by atoms with Gasteiger partial charge in [-0.1, -0.05) is 6.92 Å². The molecular weight excluding hydrogens is 256 g/mol. The minimum absolute atomic E-state index is 0.00158. The van der Waals surface area contributed by atoms with Gasteiger partial charge in [0, 0.05) is 24.9 Å². The first-order valence-corrected chi connectivity index (χ1v) is 7.23. The largest absolute Gasteiger partial charge is 0.477 e. The van der Waals surface area contributed by atoms with Crippen molar-refractivity contribution in [3.05, 3.63) is 23.9 Å². The number of hydrogen-bond donors (Lipinski definition) is 2. The number of hydrogen-bond acceptors (Lipinski definition) is 4. The lowest BCUT2D eigenvalue weighted by Gasteiger charge is -2.15. The average Bonchev–Trinajstić information content (AvgIpc) is 3.29. The van der Waals surface area contributed by atoms with Crippen LogP contribution < -0.4 is 10.1 Å². The lowest BCUT2D eigenvalue weighted by molar-refractivity contribution is 0.0928. The second kappa shape index (κ2) is 7.24. The van der Waals surface area contributed by atoms with Gasteiger partial charge in [0.25, 0.3) is 5.91 Å². The standard InChI is InChI=1S/C15H22N2O3/c1-2-13(7-8-18)17-15(19)12-5-6-14(16-9-12)20-10-11-3-4-11/h5-6,9,11,13,18H,2-4,7-8,10H2,1H3,(H,17,19).